The number of aromatic nitrogens is 2. The highest BCUT2D eigenvalue weighted by Gasteiger charge is 2.33. The van der Waals surface area contributed by atoms with E-state index in [1.165, 1.54) is 6.20 Å². The van der Waals surface area contributed by atoms with Crippen molar-refractivity contribution in [2.75, 3.05) is 20.3 Å². The van der Waals surface area contributed by atoms with Gasteiger partial charge in [-0.25, -0.2) is 0 Å². The zero-order chi connectivity index (χ0) is 13.1. The van der Waals surface area contributed by atoms with Crippen LogP contribution in [0.1, 0.15) is 23.8 Å². The molecule has 2 rings (SSSR count). The molecule has 2 unspecified atom stereocenters. The highest BCUT2D eigenvalue weighted by Crippen LogP contribution is 2.25. The molecule has 0 aliphatic carbocycles. The fourth-order valence-corrected chi connectivity index (χ4v) is 2.58. The lowest BCUT2D eigenvalue weighted by Crippen LogP contribution is -2.30. The van der Waals surface area contributed by atoms with E-state index in [9.17, 15) is 4.79 Å². The molecule has 1 aromatic rings. The third-order valence-corrected chi connectivity index (χ3v) is 3.67. The first-order valence-electron chi connectivity index (χ1n) is 6.13. The van der Waals surface area contributed by atoms with Crippen molar-refractivity contribution >= 4 is 17.4 Å². The van der Waals surface area contributed by atoms with Crippen molar-refractivity contribution in [3.63, 3.8) is 0 Å². The van der Waals surface area contributed by atoms with E-state index in [1.807, 2.05) is 6.92 Å². The van der Waals surface area contributed by atoms with Crippen molar-refractivity contribution < 1.29 is 9.53 Å². The van der Waals surface area contributed by atoms with Gasteiger partial charge in [-0.05, 0) is 19.9 Å². The molecule has 2 atom stereocenters. The average Bonchev–Trinajstić information content (AvgIpc) is 2.92. The molecule has 5 nitrogen and oxygen atoms in total. The van der Waals surface area contributed by atoms with Crippen LogP contribution in [0.25, 0.3) is 0 Å². The second-order valence-electron chi connectivity index (χ2n) is 4.56. The molecule has 2 heterocycles. The first-order chi connectivity index (χ1) is 8.65. The average molecular weight is 272 g/mol. The maximum absolute atomic E-state index is 12.5. The van der Waals surface area contributed by atoms with Gasteiger partial charge in [0.25, 0.3) is 0 Å². The second kappa shape index (κ2) is 5.82. The van der Waals surface area contributed by atoms with Gasteiger partial charge in [-0.1, -0.05) is 11.6 Å². The van der Waals surface area contributed by atoms with Crippen LogP contribution < -0.4 is 5.32 Å². The number of ketones is 1. The summed E-state index contributed by atoms with van der Waals surface area (Å²) in [6.45, 7) is 3.95. The van der Waals surface area contributed by atoms with E-state index in [2.05, 4.69) is 10.4 Å². The van der Waals surface area contributed by atoms with Crippen LogP contribution in [0.3, 0.4) is 0 Å². The van der Waals surface area contributed by atoms with E-state index < -0.39 is 0 Å². The van der Waals surface area contributed by atoms with E-state index in [-0.39, 0.29) is 17.7 Å². The Labute approximate surface area is 111 Å². The third-order valence-electron chi connectivity index (χ3n) is 3.40. The number of ether oxygens (including phenoxy) is 1. The van der Waals surface area contributed by atoms with E-state index in [4.69, 9.17) is 16.3 Å². The molecule has 0 spiro atoms. The van der Waals surface area contributed by atoms with Crippen LogP contribution in [0.4, 0.5) is 0 Å². The summed E-state index contributed by atoms with van der Waals surface area (Å²) in [4.78, 5) is 12.5. The van der Waals surface area contributed by atoms with Crippen molar-refractivity contribution in [3.05, 3.63) is 16.9 Å². The molecule has 1 saturated heterocycles. The largest absolute Gasteiger partial charge is 0.383 e. The van der Waals surface area contributed by atoms with E-state index in [0.29, 0.717) is 23.9 Å². The molecule has 0 aromatic carbocycles. The number of carbonyl (C=O) groups is 1. The maximum atomic E-state index is 12.5. The Morgan fingerprint density at radius 2 is 2.50 bits per heavy atom. The molecule has 1 fully saturated rings. The Morgan fingerprint density at radius 3 is 3.11 bits per heavy atom. The monoisotopic (exact) mass is 271 g/mol. The minimum atomic E-state index is -0.0134. The van der Waals surface area contributed by atoms with Gasteiger partial charge in [-0.2, -0.15) is 5.10 Å². The maximum Gasteiger partial charge on any atom is 0.187 e. The van der Waals surface area contributed by atoms with Gasteiger partial charge in [0.1, 0.15) is 5.69 Å². The second-order valence-corrected chi connectivity index (χ2v) is 4.97. The van der Waals surface area contributed by atoms with Crippen LogP contribution in [0.15, 0.2) is 6.20 Å². The van der Waals surface area contributed by atoms with Crippen LogP contribution in [-0.2, 0) is 11.3 Å². The summed E-state index contributed by atoms with van der Waals surface area (Å²) in [6.07, 6.45) is 2.38. The lowest BCUT2D eigenvalue weighted by atomic mass is 9.95. The number of hydrogen-bond acceptors (Lipinski definition) is 4. The van der Waals surface area contributed by atoms with Crippen molar-refractivity contribution in [3.8, 4) is 0 Å². The smallest absolute Gasteiger partial charge is 0.187 e. The van der Waals surface area contributed by atoms with Crippen molar-refractivity contribution in [2.45, 2.75) is 25.9 Å². The lowest BCUT2D eigenvalue weighted by molar-refractivity contribution is 0.0899. The van der Waals surface area contributed by atoms with Crippen LogP contribution in [0.2, 0.25) is 5.02 Å². The predicted molar refractivity (Wildman–Crippen MR) is 69.0 cm³/mol. The summed E-state index contributed by atoms with van der Waals surface area (Å²) in [5, 5.41) is 7.84. The quantitative estimate of drug-likeness (QED) is 0.822. The van der Waals surface area contributed by atoms with Gasteiger partial charge >= 0.3 is 0 Å². The van der Waals surface area contributed by atoms with Crippen LogP contribution in [0.5, 0.6) is 0 Å². The van der Waals surface area contributed by atoms with Gasteiger partial charge < -0.3 is 10.1 Å². The van der Waals surface area contributed by atoms with E-state index >= 15 is 0 Å². The minimum Gasteiger partial charge on any atom is -0.383 e. The Bertz CT molecular complexity index is 433. The normalized spacial score (nSPS) is 23.5. The summed E-state index contributed by atoms with van der Waals surface area (Å²) >= 11 is 6.08. The number of methoxy groups -OCH3 is 1. The Balaban J connectivity index is 2.20. The summed E-state index contributed by atoms with van der Waals surface area (Å²) in [5.74, 6) is 0.0617. The molecular formula is C12H18ClN3O2. The number of nitrogens with zero attached hydrogens (tertiary/aromatic N) is 2. The third kappa shape index (κ3) is 2.58. The standard InChI is InChI=1S/C12H18ClN3O2/c1-8-9(3-4-14-8)12(17)11-10(13)7-15-16(11)5-6-18-2/h7-9,14H,3-6H2,1-2H3. The van der Waals surface area contributed by atoms with Gasteiger partial charge in [-0.3, -0.25) is 9.48 Å². The van der Waals surface area contributed by atoms with Gasteiger partial charge in [0.05, 0.1) is 24.4 Å². The first-order valence-corrected chi connectivity index (χ1v) is 6.50. The molecule has 1 aliphatic rings. The number of carbonyl (C=O) groups excluding carboxylic acids is 1. The van der Waals surface area contributed by atoms with Gasteiger partial charge in [0.2, 0.25) is 0 Å². The van der Waals surface area contributed by atoms with E-state index in [0.717, 1.165) is 13.0 Å². The van der Waals surface area contributed by atoms with Crippen molar-refractivity contribution in [1.82, 2.24) is 15.1 Å². The Kier molecular flexibility index (Phi) is 4.37. The highest BCUT2D eigenvalue weighted by molar-refractivity contribution is 6.33. The zero-order valence-electron chi connectivity index (χ0n) is 10.6. The van der Waals surface area contributed by atoms with Crippen LogP contribution in [-0.4, -0.2) is 41.9 Å². The highest BCUT2D eigenvalue weighted by atomic mass is 35.5. The number of hydrogen-bond donors (Lipinski definition) is 1. The molecule has 1 N–H and O–H groups in total. The summed E-state index contributed by atoms with van der Waals surface area (Å²) in [7, 11) is 1.62. The molecule has 0 bridgehead atoms. The summed E-state index contributed by atoms with van der Waals surface area (Å²) in [6, 6.07) is 0.194. The van der Waals surface area contributed by atoms with Crippen molar-refractivity contribution in [1.29, 1.82) is 0 Å². The first kappa shape index (κ1) is 13.5. The molecule has 18 heavy (non-hydrogen) atoms. The van der Waals surface area contributed by atoms with Crippen molar-refractivity contribution in [2.24, 2.45) is 5.92 Å². The molecule has 1 aromatic heterocycles. The fourth-order valence-electron chi connectivity index (χ4n) is 2.35. The lowest BCUT2D eigenvalue weighted by Gasteiger charge is -2.15. The Hall–Kier alpha value is -0.910. The molecule has 0 amide bonds. The number of halogens is 1. The summed E-state index contributed by atoms with van der Waals surface area (Å²) < 4.78 is 6.65. The molecule has 100 valence electrons. The van der Waals surface area contributed by atoms with Gasteiger partial charge in [-0.15, -0.1) is 0 Å². The van der Waals surface area contributed by atoms with E-state index in [1.54, 1.807) is 11.8 Å². The predicted octanol–water partition coefficient (Wildman–Crippen LogP) is 1.36. The summed E-state index contributed by atoms with van der Waals surface area (Å²) in [5.41, 5.74) is 0.509. The topological polar surface area (TPSA) is 56.2 Å². The van der Waals surface area contributed by atoms with Gasteiger partial charge in [0.15, 0.2) is 5.78 Å². The number of rotatable bonds is 5. The SMILES string of the molecule is COCCn1ncc(Cl)c1C(=O)C1CCNC1C. The molecule has 1 aliphatic heterocycles. The fraction of sp³-hybridized carbons (Fsp3) is 0.667. The zero-order valence-corrected chi connectivity index (χ0v) is 11.4. The molecule has 0 radical (unpaired) electrons. The molecule has 0 saturated carbocycles. The molecule has 6 heteroatoms. The Morgan fingerprint density at radius 1 is 1.72 bits per heavy atom. The minimum absolute atomic E-state index is 0.0134. The number of nitrogens with one attached hydrogen (secondary N) is 1. The van der Waals surface area contributed by atoms with Crippen LogP contribution in [0, 0.1) is 5.92 Å². The van der Waals surface area contributed by atoms with Crippen LogP contribution >= 0.6 is 11.6 Å². The molecular weight excluding hydrogens is 254 g/mol. The van der Waals surface area contributed by atoms with Gasteiger partial charge in [0, 0.05) is 19.1 Å². The number of Topliss-reactive ketones (excluding diaryl/α,β-unsaturated/α-hetero) is 1.